The summed E-state index contributed by atoms with van der Waals surface area (Å²) in [5, 5.41) is 8.55. The molecule has 0 saturated carbocycles. The highest BCUT2D eigenvalue weighted by molar-refractivity contribution is 5.93. The Morgan fingerprint density at radius 1 is 1.24 bits per heavy atom. The van der Waals surface area contributed by atoms with E-state index in [9.17, 15) is 4.79 Å². The monoisotopic (exact) mass is 338 g/mol. The van der Waals surface area contributed by atoms with Crippen molar-refractivity contribution in [3.8, 4) is 0 Å². The SMILES string of the molecule is CC[C@H](NC(=O)Cc1c(C)[nH]c2c(C)ccc(C)c12)c1ccnn1C. The summed E-state index contributed by atoms with van der Waals surface area (Å²) in [4.78, 5) is 16.2. The van der Waals surface area contributed by atoms with Gasteiger partial charge in [-0.2, -0.15) is 5.10 Å². The lowest BCUT2D eigenvalue weighted by molar-refractivity contribution is -0.121. The minimum Gasteiger partial charge on any atom is -0.358 e. The summed E-state index contributed by atoms with van der Waals surface area (Å²) in [5.41, 5.74) is 6.73. The van der Waals surface area contributed by atoms with Crippen LogP contribution in [-0.2, 0) is 18.3 Å². The van der Waals surface area contributed by atoms with Gasteiger partial charge in [-0.25, -0.2) is 0 Å². The van der Waals surface area contributed by atoms with E-state index in [1.165, 1.54) is 16.5 Å². The third-order valence-corrected chi connectivity index (χ3v) is 4.99. The fourth-order valence-electron chi connectivity index (χ4n) is 3.55. The summed E-state index contributed by atoms with van der Waals surface area (Å²) < 4.78 is 1.82. The van der Waals surface area contributed by atoms with Gasteiger partial charge in [0.05, 0.1) is 18.2 Å². The van der Waals surface area contributed by atoms with E-state index in [0.29, 0.717) is 6.42 Å². The van der Waals surface area contributed by atoms with Crippen molar-refractivity contribution in [3.63, 3.8) is 0 Å². The number of aromatic amines is 1. The van der Waals surface area contributed by atoms with Crippen molar-refractivity contribution in [3.05, 3.63) is 52.5 Å². The molecule has 2 heterocycles. The Kier molecular flexibility index (Phi) is 4.66. The molecule has 0 bridgehead atoms. The Balaban J connectivity index is 1.86. The number of nitrogens with zero attached hydrogens (tertiary/aromatic N) is 2. The molecule has 0 aliphatic carbocycles. The average Bonchev–Trinajstić information content (AvgIpc) is 3.14. The van der Waals surface area contributed by atoms with Crippen LogP contribution >= 0.6 is 0 Å². The molecule has 0 spiro atoms. The summed E-state index contributed by atoms with van der Waals surface area (Å²) in [6.45, 7) is 8.31. The first-order valence-corrected chi connectivity index (χ1v) is 8.77. The van der Waals surface area contributed by atoms with Crippen molar-refractivity contribution in [1.82, 2.24) is 20.1 Å². The van der Waals surface area contributed by atoms with Crippen LogP contribution in [0.4, 0.5) is 0 Å². The number of amides is 1. The van der Waals surface area contributed by atoms with Gasteiger partial charge in [0, 0.05) is 29.8 Å². The standard InChI is InChI=1S/C20H26N4O/c1-6-16(17-9-10-21-24(17)5)23-18(25)11-15-14(4)22-20-13(3)8-7-12(2)19(15)20/h7-10,16,22H,6,11H2,1-5H3,(H,23,25)/t16-/m0/s1. The molecule has 1 atom stereocenters. The Morgan fingerprint density at radius 2 is 1.96 bits per heavy atom. The topological polar surface area (TPSA) is 62.7 Å². The van der Waals surface area contributed by atoms with E-state index in [2.05, 4.69) is 48.3 Å². The first-order chi connectivity index (χ1) is 11.9. The van der Waals surface area contributed by atoms with Crippen LogP contribution in [0.5, 0.6) is 0 Å². The third-order valence-electron chi connectivity index (χ3n) is 4.99. The van der Waals surface area contributed by atoms with Crippen LogP contribution in [0.15, 0.2) is 24.4 Å². The van der Waals surface area contributed by atoms with E-state index in [-0.39, 0.29) is 11.9 Å². The summed E-state index contributed by atoms with van der Waals surface area (Å²) in [6.07, 6.45) is 2.97. The molecule has 5 nitrogen and oxygen atoms in total. The second kappa shape index (κ2) is 6.75. The third kappa shape index (κ3) is 3.18. The van der Waals surface area contributed by atoms with Gasteiger partial charge in [-0.1, -0.05) is 19.1 Å². The summed E-state index contributed by atoms with van der Waals surface area (Å²) >= 11 is 0. The maximum atomic E-state index is 12.7. The lowest BCUT2D eigenvalue weighted by Crippen LogP contribution is -2.30. The zero-order valence-corrected chi connectivity index (χ0v) is 15.6. The number of hydrogen-bond acceptors (Lipinski definition) is 2. The molecular weight excluding hydrogens is 312 g/mol. The van der Waals surface area contributed by atoms with Crippen LogP contribution in [0.3, 0.4) is 0 Å². The number of nitrogens with one attached hydrogen (secondary N) is 2. The van der Waals surface area contributed by atoms with Gasteiger partial charge in [-0.15, -0.1) is 0 Å². The first kappa shape index (κ1) is 17.3. The van der Waals surface area contributed by atoms with Gasteiger partial charge in [-0.05, 0) is 49.9 Å². The molecule has 132 valence electrons. The van der Waals surface area contributed by atoms with Crippen LogP contribution < -0.4 is 5.32 Å². The molecule has 0 radical (unpaired) electrons. The van der Waals surface area contributed by atoms with Crippen molar-refractivity contribution in [2.45, 2.75) is 46.6 Å². The maximum absolute atomic E-state index is 12.7. The molecule has 0 fully saturated rings. The Hall–Kier alpha value is -2.56. The predicted molar refractivity (Wildman–Crippen MR) is 101 cm³/mol. The number of hydrogen-bond donors (Lipinski definition) is 2. The Morgan fingerprint density at radius 3 is 2.60 bits per heavy atom. The van der Waals surface area contributed by atoms with Gasteiger partial charge in [0.2, 0.25) is 5.91 Å². The molecule has 1 amide bonds. The second-order valence-electron chi connectivity index (χ2n) is 6.76. The van der Waals surface area contributed by atoms with Gasteiger partial charge >= 0.3 is 0 Å². The quantitative estimate of drug-likeness (QED) is 0.746. The van der Waals surface area contributed by atoms with Gasteiger partial charge in [0.25, 0.3) is 0 Å². The highest BCUT2D eigenvalue weighted by Gasteiger charge is 2.19. The lowest BCUT2D eigenvalue weighted by atomic mass is 10.0. The molecule has 2 aromatic heterocycles. The molecule has 0 aliphatic heterocycles. The fraction of sp³-hybridized carbons (Fsp3) is 0.400. The molecule has 2 N–H and O–H groups in total. The molecule has 25 heavy (non-hydrogen) atoms. The summed E-state index contributed by atoms with van der Waals surface area (Å²) in [7, 11) is 1.90. The van der Waals surface area contributed by atoms with E-state index >= 15 is 0 Å². The van der Waals surface area contributed by atoms with Gasteiger partial charge in [-0.3, -0.25) is 9.48 Å². The number of aryl methyl sites for hydroxylation is 4. The second-order valence-corrected chi connectivity index (χ2v) is 6.76. The van der Waals surface area contributed by atoms with Crippen molar-refractivity contribution in [2.75, 3.05) is 0 Å². The highest BCUT2D eigenvalue weighted by Crippen LogP contribution is 2.28. The van der Waals surface area contributed by atoms with Crippen LogP contribution in [0.2, 0.25) is 0 Å². The average molecular weight is 338 g/mol. The largest absolute Gasteiger partial charge is 0.358 e. The molecule has 0 unspecified atom stereocenters. The van der Waals surface area contributed by atoms with E-state index in [1.807, 2.05) is 24.7 Å². The number of carbonyl (C=O) groups is 1. The number of benzene rings is 1. The van der Waals surface area contributed by atoms with Crippen LogP contribution in [0.1, 0.15) is 47.5 Å². The van der Waals surface area contributed by atoms with Gasteiger partial charge < -0.3 is 10.3 Å². The van der Waals surface area contributed by atoms with Gasteiger partial charge in [0.15, 0.2) is 0 Å². The number of carbonyl (C=O) groups excluding carboxylic acids is 1. The van der Waals surface area contributed by atoms with Crippen LogP contribution in [0.25, 0.3) is 10.9 Å². The minimum atomic E-state index is -0.0201. The van der Waals surface area contributed by atoms with Crippen molar-refractivity contribution < 1.29 is 4.79 Å². The number of rotatable bonds is 5. The van der Waals surface area contributed by atoms with E-state index in [4.69, 9.17) is 0 Å². The zero-order chi connectivity index (χ0) is 18.1. The van der Waals surface area contributed by atoms with Crippen molar-refractivity contribution in [1.29, 1.82) is 0 Å². The fourth-order valence-corrected chi connectivity index (χ4v) is 3.55. The van der Waals surface area contributed by atoms with E-state index < -0.39 is 0 Å². The number of fused-ring (bicyclic) bond motifs is 1. The highest BCUT2D eigenvalue weighted by atomic mass is 16.1. The maximum Gasteiger partial charge on any atom is 0.225 e. The molecule has 0 saturated heterocycles. The molecular formula is C20H26N4O. The molecule has 1 aromatic carbocycles. The predicted octanol–water partition coefficient (Wildman–Crippen LogP) is 3.64. The Labute approximate surface area is 148 Å². The van der Waals surface area contributed by atoms with Gasteiger partial charge in [0.1, 0.15) is 0 Å². The van der Waals surface area contributed by atoms with Crippen LogP contribution in [0, 0.1) is 20.8 Å². The van der Waals surface area contributed by atoms with Crippen molar-refractivity contribution >= 4 is 16.8 Å². The molecule has 3 rings (SSSR count). The summed E-state index contributed by atoms with van der Waals surface area (Å²) in [5.74, 6) is 0.0398. The minimum absolute atomic E-state index is 0.0201. The molecule has 3 aromatic rings. The van der Waals surface area contributed by atoms with E-state index in [1.54, 1.807) is 6.20 Å². The van der Waals surface area contributed by atoms with Crippen LogP contribution in [-0.4, -0.2) is 20.7 Å². The first-order valence-electron chi connectivity index (χ1n) is 8.77. The molecule has 5 heteroatoms. The van der Waals surface area contributed by atoms with Crippen molar-refractivity contribution in [2.24, 2.45) is 7.05 Å². The number of H-pyrrole nitrogens is 1. The van der Waals surface area contributed by atoms with E-state index in [0.717, 1.165) is 28.9 Å². The zero-order valence-electron chi connectivity index (χ0n) is 15.6. The normalized spacial score (nSPS) is 12.5. The summed E-state index contributed by atoms with van der Waals surface area (Å²) in [6, 6.07) is 6.18. The smallest absolute Gasteiger partial charge is 0.225 e. The number of aromatic nitrogens is 3. The lowest BCUT2D eigenvalue weighted by Gasteiger charge is -2.17. The Bertz CT molecular complexity index is 919. The molecule has 0 aliphatic rings.